The maximum absolute atomic E-state index is 11.9. The molecule has 1 aromatic rings. The summed E-state index contributed by atoms with van der Waals surface area (Å²) in [7, 11) is 0. The van der Waals surface area contributed by atoms with Crippen LogP contribution in [0.25, 0.3) is 0 Å². The van der Waals surface area contributed by atoms with Gasteiger partial charge in [-0.3, -0.25) is 0 Å². The number of rotatable bonds is 6. The Morgan fingerprint density at radius 1 is 1.18 bits per heavy atom. The van der Waals surface area contributed by atoms with Gasteiger partial charge in [0.25, 0.3) is 0 Å². The van der Waals surface area contributed by atoms with Gasteiger partial charge in [0.15, 0.2) is 0 Å². The summed E-state index contributed by atoms with van der Waals surface area (Å²) in [5, 5.41) is 0. The van der Waals surface area contributed by atoms with E-state index in [0.29, 0.717) is 10.8 Å². The van der Waals surface area contributed by atoms with E-state index in [2.05, 4.69) is 0 Å². The minimum atomic E-state index is -0.155. The Morgan fingerprint density at radius 2 is 1.82 bits per heavy atom. The van der Waals surface area contributed by atoms with Crippen LogP contribution in [0.4, 0.5) is 0 Å². The van der Waals surface area contributed by atoms with E-state index in [1.807, 2.05) is 37.3 Å². The van der Waals surface area contributed by atoms with Crippen molar-refractivity contribution in [1.82, 2.24) is 0 Å². The van der Waals surface area contributed by atoms with Gasteiger partial charge in [-0.15, -0.1) is 0 Å². The zero-order valence-electron chi connectivity index (χ0n) is 10.2. The summed E-state index contributed by atoms with van der Waals surface area (Å²) in [6, 6.07) is 9.74. The van der Waals surface area contributed by atoms with Crippen molar-refractivity contribution in [3.8, 4) is 0 Å². The summed E-state index contributed by atoms with van der Waals surface area (Å²) < 4.78 is 1.58. The Morgan fingerprint density at radius 3 is 2.35 bits per heavy atom. The molecule has 0 radical (unpaired) electrons. The van der Waals surface area contributed by atoms with Crippen LogP contribution in [0.3, 0.4) is 0 Å². The van der Waals surface area contributed by atoms with Crippen LogP contribution >= 0.6 is 0 Å². The molecule has 0 atom stereocenters. The molecule has 0 saturated carbocycles. The number of Topliss-reactive ketones (excluding diaryl/α,β-unsaturated/α-hetero) is 2. The number of hydrogen-bond donors (Lipinski definition) is 0. The summed E-state index contributed by atoms with van der Waals surface area (Å²) >= 11 is -0.155. The van der Waals surface area contributed by atoms with Gasteiger partial charge in [0.05, 0.1) is 0 Å². The van der Waals surface area contributed by atoms with Crippen molar-refractivity contribution >= 4 is 20.4 Å². The van der Waals surface area contributed by atoms with Crippen LogP contribution in [-0.2, 0) is 24.4 Å². The fourth-order valence-electron chi connectivity index (χ4n) is 1.38. The van der Waals surface area contributed by atoms with E-state index >= 15 is 0 Å². The molecule has 0 bridgehead atoms. The van der Waals surface area contributed by atoms with Crippen LogP contribution < -0.4 is 4.43 Å². The number of carbonyl (C=O) groups is 2. The third-order valence-corrected chi connectivity index (χ3v) is 4.21. The van der Waals surface area contributed by atoms with Crippen LogP contribution in [0.1, 0.15) is 33.1 Å². The van der Waals surface area contributed by atoms with E-state index in [1.54, 1.807) is 0 Å². The second-order valence-electron chi connectivity index (χ2n) is 3.83. The normalized spacial score (nSPS) is 11.3. The summed E-state index contributed by atoms with van der Waals surface area (Å²) in [5.74, 6) is -0.0434. The topological polar surface area (TPSA) is 34.1 Å². The molecule has 1 aromatic carbocycles. The van der Waals surface area contributed by atoms with Crippen LogP contribution in [0, 0.1) is 0 Å². The molecule has 0 aliphatic carbocycles. The zero-order valence-corrected chi connectivity index (χ0v) is 11.5. The van der Waals surface area contributed by atoms with Gasteiger partial charge in [-0.1, -0.05) is 0 Å². The first kappa shape index (κ1) is 14.0. The second kappa shape index (κ2) is 7.32. The Hall–Kier alpha value is -1.04. The van der Waals surface area contributed by atoms with Gasteiger partial charge >= 0.3 is 108 Å². The van der Waals surface area contributed by atoms with E-state index < -0.39 is 0 Å². The van der Waals surface area contributed by atoms with E-state index in [0.717, 1.165) is 17.3 Å². The molecule has 0 aliphatic heterocycles. The average Bonchev–Trinajstić information content (AvgIpc) is 2.34. The number of benzene rings is 1. The fourth-order valence-corrected chi connectivity index (χ4v) is 2.77. The zero-order chi connectivity index (χ0) is 12.7. The van der Waals surface area contributed by atoms with E-state index in [4.69, 9.17) is 0 Å². The molecule has 0 amide bonds. The molecule has 0 fully saturated rings. The van der Waals surface area contributed by atoms with E-state index in [9.17, 15) is 9.59 Å². The molecule has 0 aromatic heterocycles. The molecule has 17 heavy (non-hydrogen) atoms. The van der Waals surface area contributed by atoms with Crippen LogP contribution in [0.15, 0.2) is 30.3 Å². The minimum absolute atomic E-state index is 0.0307. The van der Waals surface area contributed by atoms with Crippen molar-refractivity contribution in [3.05, 3.63) is 30.3 Å². The average molecular weight is 269 g/mol. The quantitative estimate of drug-likeness (QED) is 0.739. The Bertz CT molecular complexity index is 421. The summed E-state index contributed by atoms with van der Waals surface area (Å²) in [5.41, 5.74) is 0. The molecule has 0 N–H and O–H groups in total. The molecule has 0 unspecified atom stereocenters. The molecular formula is C14H17CrO2. The van der Waals surface area contributed by atoms with Crippen LogP contribution in [0.2, 0.25) is 0 Å². The number of unbranched alkanes of at least 4 members (excludes halogenated alkanes) is 1. The van der Waals surface area contributed by atoms with Crippen molar-refractivity contribution in [2.24, 2.45) is 0 Å². The molecular weight excluding hydrogens is 252 g/mol. The van der Waals surface area contributed by atoms with Crippen LogP contribution in [0.5, 0.6) is 0 Å². The number of ketones is 2. The van der Waals surface area contributed by atoms with Gasteiger partial charge < -0.3 is 0 Å². The third-order valence-electron chi connectivity index (χ3n) is 2.29. The summed E-state index contributed by atoms with van der Waals surface area (Å²) in [4.78, 5) is 23.4. The standard InChI is InChI=1S/C8H12O2.C6H5.Cr/c1-3-4-5-8(10)6-7(2)9;1-2-4-6-5-3-1;/h3-5H2,1-2H3;1-5H;. The molecule has 91 valence electrons. The van der Waals surface area contributed by atoms with E-state index in [1.165, 1.54) is 6.92 Å². The van der Waals surface area contributed by atoms with Gasteiger partial charge in [0.2, 0.25) is 0 Å². The first-order valence-electron chi connectivity index (χ1n) is 5.79. The Balaban J connectivity index is 2.90. The molecule has 0 aliphatic rings. The first-order chi connectivity index (χ1) is 8.15. The van der Waals surface area contributed by atoms with Crippen molar-refractivity contribution in [3.63, 3.8) is 0 Å². The Labute approximate surface area is 108 Å². The third kappa shape index (κ3) is 4.77. The maximum atomic E-state index is 11.9. The first-order valence-corrected chi connectivity index (χ1v) is 7.06. The molecule has 0 spiro atoms. The van der Waals surface area contributed by atoms with Crippen molar-refractivity contribution in [2.75, 3.05) is 0 Å². The van der Waals surface area contributed by atoms with Crippen molar-refractivity contribution < 1.29 is 24.4 Å². The Kier molecular flexibility index (Phi) is 6.04. The van der Waals surface area contributed by atoms with Gasteiger partial charge in [-0.05, 0) is 0 Å². The molecule has 3 heteroatoms. The summed E-state index contributed by atoms with van der Waals surface area (Å²) in [6.45, 7) is 3.53. The fraction of sp³-hybridized carbons (Fsp3) is 0.357. The van der Waals surface area contributed by atoms with Crippen molar-refractivity contribution in [1.29, 1.82) is 0 Å². The number of carbonyl (C=O) groups excluding carboxylic acids is 2. The van der Waals surface area contributed by atoms with E-state index in [-0.39, 0.29) is 26.3 Å². The monoisotopic (exact) mass is 269 g/mol. The van der Waals surface area contributed by atoms with Crippen molar-refractivity contribution in [2.45, 2.75) is 33.1 Å². The second-order valence-corrected chi connectivity index (χ2v) is 5.52. The van der Waals surface area contributed by atoms with Gasteiger partial charge in [0, 0.05) is 0 Å². The molecule has 0 heterocycles. The van der Waals surface area contributed by atoms with Gasteiger partial charge in [-0.25, -0.2) is 0 Å². The molecule has 0 saturated heterocycles. The predicted octanol–water partition coefficient (Wildman–Crippen LogP) is 1.92. The molecule has 2 nitrogen and oxygen atoms in total. The number of hydrogen-bond acceptors (Lipinski definition) is 2. The van der Waals surface area contributed by atoms with Crippen LogP contribution in [-0.4, -0.2) is 15.9 Å². The molecule has 1 rings (SSSR count). The summed E-state index contributed by atoms with van der Waals surface area (Å²) in [6.07, 6.45) is 2.34. The van der Waals surface area contributed by atoms with Gasteiger partial charge in [-0.2, -0.15) is 0 Å². The van der Waals surface area contributed by atoms with Gasteiger partial charge in [0.1, 0.15) is 0 Å². The predicted molar refractivity (Wildman–Crippen MR) is 66.3 cm³/mol. The SMILES string of the molecule is CCCCC(=O)[C](=[Cr][c]1ccccc1)C(C)=O.